The minimum Gasteiger partial charge on any atom is -0.496 e. The lowest BCUT2D eigenvalue weighted by molar-refractivity contribution is -0.141. The van der Waals surface area contributed by atoms with Gasteiger partial charge in [-0.25, -0.2) is 0 Å². The van der Waals surface area contributed by atoms with E-state index >= 15 is 0 Å². The Kier molecular flexibility index (Phi) is 9.75. The molecule has 1 aromatic carbocycles. The Hall–Kier alpha value is -2.45. The number of likely N-dealkylation sites (tertiary alicyclic amines) is 1. The lowest BCUT2D eigenvalue weighted by atomic mass is 9.79. The van der Waals surface area contributed by atoms with Crippen molar-refractivity contribution in [2.24, 2.45) is 23.0 Å². The van der Waals surface area contributed by atoms with E-state index in [1.54, 1.807) is 32.8 Å². The highest BCUT2D eigenvalue weighted by atomic mass is 16.5. The van der Waals surface area contributed by atoms with Crippen molar-refractivity contribution in [1.29, 1.82) is 0 Å². The number of aliphatic hydroxyl groups is 1. The van der Waals surface area contributed by atoms with E-state index in [1.807, 2.05) is 24.3 Å². The Balaban J connectivity index is 1.81. The minimum atomic E-state index is -1.05. The molecule has 1 unspecified atom stereocenters. The maximum Gasteiger partial charge on any atom is 0.243 e. The number of amides is 2. The first-order valence-corrected chi connectivity index (χ1v) is 13.6. The van der Waals surface area contributed by atoms with Gasteiger partial charge in [-0.05, 0) is 31.2 Å². The zero-order valence-electron chi connectivity index (χ0n) is 23.0. The van der Waals surface area contributed by atoms with E-state index in [2.05, 4.69) is 5.32 Å². The molecule has 0 aromatic heterocycles. The smallest absolute Gasteiger partial charge is 0.243 e. The average Bonchev–Trinajstić information content (AvgIpc) is 3.32. The van der Waals surface area contributed by atoms with Crippen LogP contribution in [0.25, 0.3) is 0 Å². The van der Waals surface area contributed by atoms with Crippen molar-refractivity contribution in [2.45, 2.75) is 96.9 Å². The molecule has 2 fully saturated rings. The molecule has 1 aromatic rings. The fourth-order valence-corrected chi connectivity index (χ4v) is 5.85. The third-order valence-electron chi connectivity index (χ3n) is 8.01. The normalized spacial score (nSPS) is 23.3. The molecule has 1 aliphatic heterocycles. The standard InChI is InChI=1S/C29H45N3O5/c1-18(33)26(27(35)29(2,3)4)31-28(36)23-15-20(19-11-7-6-8-12-19)17-32(23)25(34)16-22(30)21-13-9-10-14-24(21)37-5/h9-10,13-14,18-20,22-23,26,33H,6-8,11-12,15-17,30H2,1-5H3,(H,31,36)/t18?,20-,22+,23+,26+/m1/s1. The molecule has 3 rings (SSSR count). The van der Waals surface area contributed by atoms with Crippen LogP contribution in [0.15, 0.2) is 24.3 Å². The zero-order chi connectivity index (χ0) is 27.3. The molecule has 8 heteroatoms. The maximum absolute atomic E-state index is 13.6. The Labute approximate surface area is 221 Å². The number of para-hydroxylation sites is 1. The molecule has 4 N–H and O–H groups in total. The second kappa shape index (κ2) is 12.4. The number of carbonyl (C=O) groups excluding carboxylic acids is 3. The van der Waals surface area contributed by atoms with E-state index in [4.69, 9.17) is 10.5 Å². The van der Waals surface area contributed by atoms with Crippen LogP contribution in [-0.2, 0) is 14.4 Å². The van der Waals surface area contributed by atoms with Gasteiger partial charge in [0.2, 0.25) is 11.8 Å². The SMILES string of the molecule is COc1ccccc1[C@@H](N)CC(=O)N1C[C@H](C2CCCCC2)C[C@H]1C(=O)N[C@H](C(=O)C(C)(C)C)C(C)O. The Morgan fingerprint density at radius 3 is 2.38 bits per heavy atom. The molecule has 1 aliphatic carbocycles. The van der Waals surface area contributed by atoms with Gasteiger partial charge in [0.15, 0.2) is 5.78 Å². The van der Waals surface area contributed by atoms with Crippen LogP contribution in [0.4, 0.5) is 0 Å². The van der Waals surface area contributed by atoms with Gasteiger partial charge in [-0.1, -0.05) is 71.1 Å². The van der Waals surface area contributed by atoms with Crippen molar-refractivity contribution in [1.82, 2.24) is 10.2 Å². The van der Waals surface area contributed by atoms with Crippen LogP contribution in [0.3, 0.4) is 0 Å². The van der Waals surface area contributed by atoms with Gasteiger partial charge < -0.3 is 25.8 Å². The summed E-state index contributed by atoms with van der Waals surface area (Å²) in [4.78, 5) is 41.8. The number of methoxy groups -OCH3 is 1. The summed E-state index contributed by atoms with van der Waals surface area (Å²) in [5.74, 6) is 0.515. The van der Waals surface area contributed by atoms with E-state index < -0.39 is 29.6 Å². The van der Waals surface area contributed by atoms with E-state index in [-0.39, 0.29) is 29.9 Å². The lowest BCUT2D eigenvalue weighted by Gasteiger charge is -2.30. The molecule has 0 radical (unpaired) electrons. The van der Waals surface area contributed by atoms with Gasteiger partial charge in [0.25, 0.3) is 0 Å². The topological polar surface area (TPSA) is 122 Å². The molecular formula is C29H45N3O5. The number of nitrogens with one attached hydrogen (secondary N) is 1. The molecule has 2 amide bonds. The van der Waals surface area contributed by atoms with Gasteiger partial charge in [-0.3, -0.25) is 14.4 Å². The van der Waals surface area contributed by atoms with Crippen LogP contribution in [0, 0.1) is 17.3 Å². The number of ether oxygens (including phenoxy) is 1. The first-order valence-electron chi connectivity index (χ1n) is 13.6. The van der Waals surface area contributed by atoms with Crippen LogP contribution in [0.2, 0.25) is 0 Å². The molecule has 1 heterocycles. The van der Waals surface area contributed by atoms with Gasteiger partial charge in [0, 0.05) is 30.0 Å². The number of carbonyl (C=O) groups is 3. The Morgan fingerprint density at radius 2 is 1.78 bits per heavy atom. The minimum absolute atomic E-state index is 0.0439. The quantitative estimate of drug-likeness (QED) is 0.464. The first-order chi connectivity index (χ1) is 17.4. The summed E-state index contributed by atoms with van der Waals surface area (Å²) in [5, 5.41) is 13.1. The molecule has 0 spiro atoms. The van der Waals surface area contributed by atoms with Gasteiger partial charge in [0.1, 0.15) is 17.8 Å². The van der Waals surface area contributed by atoms with E-state index in [0.717, 1.165) is 18.4 Å². The number of Topliss-reactive ketones (excluding diaryl/α,β-unsaturated/α-hetero) is 1. The first kappa shape index (κ1) is 29.1. The number of nitrogens with two attached hydrogens (primary N) is 1. The fraction of sp³-hybridized carbons (Fsp3) is 0.690. The van der Waals surface area contributed by atoms with Crippen molar-refractivity contribution >= 4 is 17.6 Å². The number of nitrogens with zero attached hydrogens (tertiary/aromatic N) is 1. The van der Waals surface area contributed by atoms with Crippen LogP contribution < -0.4 is 15.8 Å². The third kappa shape index (κ3) is 7.11. The summed E-state index contributed by atoms with van der Waals surface area (Å²) >= 11 is 0. The second-order valence-corrected chi connectivity index (χ2v) is 11.8. The zero-order valence-corrected chi connectivity index (χ0v) is 23.0. The van der Waals surface area contributed by atoms with E-state index in [1.165, 1.54) is 26.2 Å². The second-order valence-electron chi connectivity index (χ2n) is 11.8. The van der Waals surface area contributed by atoms with Crippen molar-refractivity contribution in [2.75, 3.05) is 13.7 Å². The predicted octanol–water partition coefficient (Wildman–Crippen LogP) is 3.36. The lowest BCUT2D eigenvalue weighted by Crippen LogP contribution is -2.56. The number of rotatable bonds is 9. The van der Waals surface area contributed by atoms with E-state index in [9.17, 15) is 19.5 Å². The molecule has 8 nitrogen and oxygen atoms in total. The average molecular weight is 516 g/mol. The highest BCUT2D eigenvalue weighted by molar-refractivity contribution is 5.95. The van der Waals surface area contributed by atoms with Crippen molar-refractivity contribution in [3.63, 3.8) is 0 Å². The van der Waals surface area contributed by atoms with Crippen molar-refractivity contribution < 1.29 is 24.2 Å². The molecule has 206 valence electrons. The Bertz CT molecular complexity index is 951. The van der Waals surface area contributed by atoms with Crippen LogP contribution >= 0.6 is 0 Å². The summed E-state index contributed by atoms with van der Waals surface area (Å²) in [6, 6.07) is 5.06. The number of ketones is 1. The molecule has 5 atom stereocenters. The highest BCUT2D eigenvalue weighted by Crippen LogP contribution is 2.38. The molecule has 37 heavy (non-hydrogen) atoms. The van der Waals surface area contributed by atoms with Crippen molar-refractivity contribution in [3.05, 3.63) is 29.8 Å². The Morgan fingerprint density at radius 1 is 1.14 bits per heavy atom. The summed E-state index contributed by atoms with van der Waals surface area (Å²) < 4.78 is 5.42. The summed E-state index contributed by atoms with van der Waals surface area (Å²) in [6.45, 7) is 7.30. The fourth-order valence-electron chi connectivity index (χ4n) is 5.85. The monoisotopic (exact) mass is 515 g/mol. The summed E-state index contributed by atoms with van der Waals surface area (Å²) in [7, 11) is 1.57. The molecular weight excluding hydrogens is 470 g/mol. The van der Waals surface area contributed by atoms with Gasteiger partial charge in [-0.15, -0.1) is 0 Å². The number of hydrogen-bond acceptors (Lipinski definition) is 6. The maximum atomic E-state index is 13.6. The summed E-state index contributed by atoms with van der Waals surface area (Å²) in [5.41, 5.74) is 6.45. The van der Waals surface area contributed by atoms with Gasteiger partial charge >= 0.3 is 0 Å². The number of aliphatic hydroxyl groups excluding tert-OH is 1. The van der Waals surface area contributed by atoms with Crippen LogP contribution in [0.1, 0.15) is 84.2 Å². The molecule has 1 saturated carbocycles. The number of hydrogen-bond donors (Lipinski definition) is 3. The third-order valence-corrected chi connectivity index (χ3v) is 8.01. The van der Waals surface area contributed by atoms with Crippen LogP contribution in [0.5, 0.6) is 5.75 Å². The van der Waals surface area contributed by atoms with Crippen molar-refractivity contribution in [3.8, 4) is 5.75 Å². The van der Waals surface area contributed by atoms with Crippen LogP contribution in [-0.4, -0.2) is 59.4 Å². The summed E-state index contributed by atoms with van der Waals surface area (Å²) in [6.07, 6.45) is 5.36. The molecule has 1 saturated heterocycles. The largest absolute Gasteiger partial charge is 0.496 e. The van der Waals surface area contributed by atoms with Gasteiger partial charge in [-0.2, -0.15) is 0 Å². The predicted molar refractivity (Wildman–Crippen MR) is 143 cm³/mol. The van der Waals surface area contributed by atoms with Gasteiger partial charge in [0.05, 0.1) is 13.2 Å². The molecule has 0 bridgehead atoms. The highest BCUT2D eigenvalue weighted by Gasteiger charge is 2.44. The van der Waals surface area contributed by atoms with E-state index in [0.29, 0.717) is 24.6 Å². The number of benzene rings is 1. The molecule has 2 aliphatic rings.